The maximum atomic E-state index is 12.0. The Balaban J connectivity index is 1.85. The molecule has 1 aromatic heterocycles. The summed E-state index contributed by atoms with van der Waals surface area (Å²) in [5, 5.41) is 3.13. The van der Waals surface area contributed by atoms with E-state index >= 15 is 0 Å². The first kappa shape index (κ1) is 19.7. The van der Waals surface area contributed by atoms with Crippen LogP contribution in [0.5, 0.6) is 0 Å². The fraction of sp³-hybridized carbons (Fsp3) is 0.333. The summed E-state index contributed by atoms with van der Waals surface area (Å²) in [4.78, 5) is 41.9. The summed E-state index contributed by atoms with van der Waals surface area (Å²) >= 11 is 1.14. The number of H-pyrrole nitrogens is 1. The van der Waals surface area contributed by atoms with E-state index in [4.69, 9.17) is 4.74 Å². The number of hydrogen-bond acceptors (Lipinski definition) is 6. The first-order valence-corrected chi connectivity index (χ1v) is 9.24. The van der Waals surface area contributed by atoms with E-state index in [2.05, 4.69) is 15.3 Å². The maximum absolute atomic E-state index is 12.0. The molecule has 0 spiro atoms. The number of benzene rings is 1. The minimum absolute atomic E-state index is 0.104. The second kappa shape index (κ2) is 9.76. The number of nitrogens with one attached hydrogen (secondary N) is 2. The van der Waals surface area contributed by atoms with Crippen LogP contribution in [0.4, 0.5) is 5.69 Å². The van der Waals surface area contributed by atoms with Crippen LogP contribution in [0.1, 0.15) is 35.8 Å². The molecule has 7 nitrogen and oxygen atoms in total. The highest BCUT2D eigenvalue weighted by Crippen LogP contribution is 2.14. The zero-order chi connectivity index (χ0) is 18.9. The summed E-state index contributed by atoms with van der Waals surface area (Å²) in [6, 6.07) is 7.89. The monoisotopic (exact) mass is 375 g/mol. The standard InChI is InChI=1S/C18H21N3O4S/c1-3-4-9-25-17(24)13-5-7-14(8-6-13)20-16(23)11-26-18-19-12(2)10-15(22)21-18/h5-8,10H,3-4,9,11H2,1-2H3,(H,20,23)(H,19,21,22). The predicted octanol–water partition coefficient (Wildman–Crippen LogP) is 2.77. The molecule has 138 valence electrons. The van der Waals surface area contributed by atoms with Crippen molar-refractivity contribution < 1.29 is 14.3 Å². The minimum Gasteiger partial charge on any atom is -0.462 e. The Morgan fingerprint density at radius 2 is 2.00 bits per heavy atom. The predicted molar refractivity (Wildman–Crippen MR) is 101 cm³/mol. The molecule has 1 amide bonds. The van der Waals surface area contributed by atoms with Gasteiger partial charge in [0.25, 0.3) is 5.56 Å². The molecule has 1 heterocycles. The van der Waals surface area contributed by atoms with Gasteiger partial charge in [0.1, 0.15) is 0 Å². The summed E-state index contributed by atoms with van der Waals surface area (Å²) in [7, 11) is 0. The van der Waals surface area contributed by atoms with Gasteiger partial charge in [0.2, 0.25) is 5.91 Å². The van der Waals surface area contributed by atoms with Crippen molar-refractivity contribution in [2.75, 3.05) is 17.7 Å². The molecule has 0 saturated carbocycles. The molecule has 1 aromatic carbocycles. The van der Waals surface area contributed by atoms with E-state index in [9.17, 15) is 14.4 Å². The van der Waals surface area contributed by atoms with Crippen LogP contribution in [0.2, 0.25) is 0 Å². The summed E-state index contributed by atoms with van der Waals surface area (Å²) in [5.41, 5.74) is 1.36. The lowest BCUT2D eigenvalue weighted by Crippen LogP contribution is -2.15. The highest BCUT2D eigenvalue weighted by atomic mass is 32.2. The number of nitrogens with zero attached hydrogens (tertiary/aromatic N) is 1. The smallest absolute Gasteiger partial charge is 0.338 e. The lowest BCUT2D eigenvalue weighted by Gasteiger charge is -2.07. The number of rotatable bonds is 8. The third-order valence-corrected chi connectivity index (χ3v) is 4.20. The SMILES string of the molecule is CCCCOC(=O)c1ccc(NC(=O)CSc2nc(C)cc(=O)[nH]2)cc1. The molecule has 8 heteroatoms. The van der Waals surface area contributed by atoms with Crippen LogP contribution in [0.15, 0.2) is 40.3 Å². The normalized spacial score (nSPS) is 10.4. The first-order chi connectivity index (χ1) is 12.5. The summed E-state index contributed by atoms with van der Waals surface area (Å²) in [5.74, 6) is -0.508. The highest BCUT2D eigenvalue weighted by Gasteiger charge is 2.09. The number of hydrogen-bond donors (Lipinski definition) is 2. The molecular formula is C18H21N3O4S. The Morgan fingerprint density at radius 3 is 2.65 bits per heavy atom. The summed E-state index contributed by atoms with van der Waals surface area (Å²) < 4.78 is 5.13. The Bertz CT molecular complexity index is 818. The molecule has 0 fully saturated rings. The van der Waals surface area contributed by atoms with Crippen LogP contribution in [0, 0.1) is 6.92 Å². The molecular weight excluding hydrogens is 354 g/mol. The van der Waals surface area contributed by atoms with Gasteiger partial charge in [-0.15, -0.1) is 0 Å². The van der Waals surface area contributed by atoms with Crippen molar-refractivity contribution >= 4 is 29.3 Å². The van der Waals surface area contributed by atoms with Crippen LogP contribution >= 0.6 is 11.8 Å². The maximum Gasteiger partial charge on any atom is 0.338 e. The largest absolute Gasteiger partial charge is 0.462 e. The fourth-order valence-electron chi connectivity index (χ4n) is 2.03. The molecule has 2 N–H and O–H groups in total. The van der Waals surface area contributed by atoms with E-state index in [1.54, 1.807) is 31.2 Å². The highest BCUT2D eigenvalue weighted by molar-refractivity contribution is 7.99. The number of aryl methyl sites for hydroxylation is 1. The molecule has 0 aliphatic heterocycles. The van der Waals surface area contributed by atoms with Crippen molar-refractivity contribution in [1.82, 2.24) is 9.97 Å². The van der Waals surface area contributed by atoms with Gasteiger partial charge in [-0.05, 0) is 37.6 Å². The summed E-state index contributed by atoms with van der Waals surface area (Å²) in [6.07, 6.45) is 1.79. The van der Waals surface area contributed by atoms with Crippen LogP contribution in [0.25, 0.3) is 0 Å². The number of carbonyl (C=O) groups is 2. The summed E-state index contributed by atoms with van der Waals surface area (Å²) in [6.45, 7) is 4.14. The number of carbonyl (C=O) groups excluding carboxylic acids is 2. The Hall–Kier alpha value is -2.61. The second-order valence-corrected chi connectivity index (χ2v) is 6.56. The van der Waals surface area contributed by atoms with E-state index in [0.29, 0.717) is 28.7 Å². The van der Waals surface area contributed by atoms with Crippen molar-refractivity contribution in [3.63, 3.8) is 0 Å². The van der Waals surface area contributed by atoms with Crippen molar-refractivity contribution in [3.8, 4) is 0 Å². The third kappa shape index (κ3) is 6.36. The number of aromatic amines is 1. The van der Waals surface area contributed by atoms with Gasteiger partial charge in [-0.1, -0.05) is 25.1 Å². The zero-order valence-electron chi connectivity index (χ0n) is 14.7. The van der Waals surface area contributed by atoms with Gasteiger partial charge >= 0.3 is 5.97 Å². The quantitative estimate of drug-likeness (QED) is 0.318. The van der Waals surface area contributed by atoms with Crippen molar-refractivity contribution in [1.29, 1.82) is 0 Å². The molecule has 0 aliphatic rings. The number of unbranched alkanes of at least 4 members (excludes halogenated alkanes) is 1. The number of ether oxygens (including phenoxy) is 1. The van der Waals surface area contributed by atoms with Crippen LogP contribution in [-0.2, 0) is 9.53 Å². The van der Waals surface area contributed by atoms with Crippen LogP contribution < -0.4 is 10.9 Å². The minimum atomic E-state index is -0.374. The lowest BCUT2D eigenvalue weighted by atomic mass is 10.2. The van der Waals surface area contributed by atoms with Crippen molar-refractivity contribution in [2.45, 2.75) is 31.8 Å². The molecule has 2 rings (SSSR count). The van der Waals surface area contributed by atoms with Crippen molar-refractivity contribution in [3.05, 3.63) is 51.9 Å². The van der Waals surface area contributed by atoms with Gasteiger partial charge in [0, 0.05) is 17.4 Å². The molecule has 0 unspecified atom stereocenters. The fourth-order valence-corrected chi connectivity index (χ4v) is 2.75. The van der Waals surface area contributed by atoms with Crippen LogP contribution in [-0.4, -0.2) is 34.2 Å². The molecule has 0 atom stereocenters. The number of amides is 1. The van der Waals surface area contributed by atoms with Gasteiger partial charge in [-0.2, -0.15) is 0 Å². The Morgan fingerprint density at radius 1 is 1.27 bits per heavy atom. The zero-order valence-corrected chi connectivity index (χ0v) is 15.5. The molecule has 0 aliphatic carbocycles. The number of aromatic nitrogens is 2. The number of esters is 1. The second-order valence-electron chi connectivity index (χ2n) is 5.60. The van der Waals surface area contributed by atoms with E-state index < -0.39 is 0 Å². The lowest BCUT2D eigenvalue weighted by molar-refractivity contribution is -0.113. The molecule has 26 heavy (non-hydrogen) atoms. The van der Waals surface area contributed by atoms with Gasteiger partial charge in [-0.3, -0.25) is 9.59 Å². The Labute approximate surface area is 155 Å². The average molecular weight is 375 g/mol. The molecule has 2 aromatic rings. The van der Waals surface area contributed by atoms with E-state index in [1.165, 1.54) is 6.07 Å². The molecule has 0 saturated heterocycles. The van der Waals surface area contributed by atoms with Gasteiger partial charge in [-0.25, -0.2) is 9.78 Å². The van der Waals surface area contributed by atoms with E-state index in [1.807, 2.05) is 6.92 Å². The van der Waals surface area contributed by atoms with Crippen LogP contribution in [0.3, 0.4) is 0 Å². The molecule has 0 bridgehead atoms. The number of thioether (sulfide) groups is 1. The van der Waals surface area contributed by atoms with E-state index in [0.717, 1.165) is 24.6 Å². The average Bonchev–Trinajstić information content (AvgIpc) is 2.60. The van der Waals surface area contributed by atoms with Gasteiger partial charge in [0.05, 0.1) is 17.9 Å². The van der Waals surface area contributed by atoms with Crippen molar-refractivity contribution in [2.24, 2.45) is 0 Å². The molecule has 0 radical (unpaired) electrons. The topological polar surface area (TPSA) is 101 Å². The number of anilines is 1. The Kier molecular flexibility index (Phi) is 7.40. The first-order valence-electron chi connectivity index (χ1n) is 8.25. The van der Waals surface area contributed by atoms with E-state index in [-0.39, 0.29) is 23.2 Å². The van der Waals surface area contributed by atoms with Gasteiger partial charge in [0.15, 0.2) is 5.16 Å². The third-order valence-electron chi connectivity index (χ3n) is 3.32. The van der Waals surface area contributed by atoms with Gasteiger partial charge < -0.3 is 15.0 Å².